The van der Waals surface area contributed by atoms with E-state index in [0.717, 1.165) is 48.7 Å². The van der Waals surface area contributed by atoms with Gasteiger partial charge in [-0.05, 0) is 22.6 Å². The normalized spacial score (nSPS) is 16.3. The van der Waals surface area contributed by atoms with Crippen molar-refractivity contribution >= 4 is 22.5 Å². The lowest BCUT2D eigenvalue weighted by molar-refractivity contribution is 0.586. The maximum absolute atomic E-state index is 4.73. The van der Waals surface area contributed by atoms with E-state index in [0.29, 0.717) is 0 Å². The van der Waals surface area contributed by atoms with Crippen LogP contribution in [0.5, 0.6) is 0 Å². The highest BCUT2D eigenvalue weighted by atomic mass is 15.5. The summed E-state index contributed by atoms with van der Waals surface area (Å²) in [6, 6.07) is 7.91. The largest absolute Gasteiger partial charge is 0.351 e. The van der Waals surface area contributed by atoms with Gasteiger partial charge in [0.2, 0.25) is 5.65 Å². The number of hydrogen-bond donors (Lipinski definition) is 1. The van der Waals surface area contributed by atoms with Crippen LogP contribution in [0.1, 0.15) is 0 Å². The van der Waals surface area contributed by atoms with Gasteiger partial charge in [-0.3, -0.25) is 0 Å². The lowest BCUT2D eigenvalue weighted by Crippen LogP contribution is -2.44. The summed E-state index contributed by atoms with van der Waals surface area (Å²) < 4.78 is 1.76. The smallest absolute Gasteiger partial charge is 0.222 e. The summed E-state index contributed by atoms with van der Waals surface area (Å²) in [5.74, 6) is 0.866. The second-order valence-corrected chi connectivity index (χ2v) is 4.58. The molecule has 2 aromatic heterocycles. The summed E-state index contributed by atoms with van der Waals surface area (Å²) >= 11 is 0. The Hall–Kier alpha value is -2.28. The first kappa shape index (κ1) is 10.6. The molecule has 7 nitrogen and oxygen atoms in total. The van der Waals surface area contributed by atoms with E-state index in [4.69, 9.17) is 4.98 Å². The lowest BCUT2D eigenvalue weighted by Gasteiger charge is -2.28. The Kier molecular flexibility index (Phi) is 2.31. The molecule has 0 aliphatic carbocycles. The van der Waals surface area contributed by atoms with Crippen LogP contribution in [0.15, 0.2) is 24.3 Å². The number of hydrogen-bond acceptors (Lipinski definition) is 6. The van der Waals surface area contributed by atoms with E-state index in [9.17, 15) is 0 Å². The van der Waals surface area contributed by atoms with E-state index in [2.05, 4.69) is 25.7 Å². The average Bonchev–Trinajstić information content (AvgIpc) is 2.97. The molecule has 0 amide bonds. The van der Waals surface area contributed by atoms with Crippen molar-refractivity contribution < 1.29 is 0 Å². The Bertz CT molecular complexity index is 729. The van der Waals surface area contributed by atoms with Gasteiger partial charge in [-0.25, -0.2) is 4.98 Å². The Morgan fingerprint density at radius 2 is 1.95 bits per heavy atom. The minimum Gasteiger partial charge on any atom is -0.351 e. The SMILES string of the molecule is c1ccc2c(c1)nc(N1CCNCC1)c1nnnn12. The first-order valence-electron chi connectivity index (χ1n) is 6.36. The topological polar surface area (TPSA) is 71.2 Å². The van der Waals surface area contributed by atoms with Crippen LogP contribution in [0.2, 0.25) is 0 Å². The number of aromatic nitrogens is 5. The van der Waals surface area contributed by atoms with E-state index in [1.807, 2.05) is 24.3 Å². The third-order valence-electron chi connectivity index (χ3n) is 3.42. The molecule has 0 radical (unpaired) electrons. The molecule has 3 aromatic rings. The molecule has 7 heteroatoms. The summed E-state index contributed by atoms with van der Waals surface area (Å²) in [6.07, 6.45) is 0. The second kappa shape index (κ2) is 4.13. The monoisotopic (exact) mass is 255 g/mol. The Morgan fingerprint density at radius 1 is 1.11 bits per heavy atom. The van der Waals surface area contributed by atoms with Gasteiger partial charge in [0.05, 0.1) is 11.0 Å². The zero-order valence-electron chi connectivity index (χ0n) is 10.3. The molecule has 0 atom stereocenters. The summed E-state index contributed by atoms with van der Waals surface area (Å²) in [5.41, 5.74) is 2.57. The van der Waals surface area contributed by atoms with Crippen LogP contribution in [-0.2, 0) is 0 Å². The molecule has 1 aliphatic rings. The van der Waals surface area contributed by atoms with Gasteiger partial charge in [0.1, 0.15) is 0 Å². The standard InChI is InChI=1S/C12H13N7/c1-2-4-10-9(3-1)14-11(12-15-16-17-19(10)12)18-7-5-13-6-8-18/h1-4,13H,5-8H2. The van der Waals surface area contributed by atoms with Gasteiger partial charge < -0.3 is 10.2 Å². The average molecular weight is 255 g/mol. The molecule has 0 spiro atoms. The van der Waals surface area contributed by atoms with Crippen molar-refractivity contribution in [1.82, 2.24) is 30.3 Å². The quantitative estimate of drug-likeness (QED) is 0.664. The van der Waals surface area contributed by atoms with Gasteiger partial charge in [0, 0.05) is 26.2 Å². The van der Waals surface area contributed by atoms with E-state index in [-0.39, 0.29) is 0 Å². The van der Waals surface area contributed by atoms with Crippen molar-refractivity contribution in [2.45, 2.75) is 0 Å². The summed E-state index contributed by atoms with van der Waals surface area (Å²) in [4.78, 5) is 6.96. The fourth-order valence-corrected chi connectivity index (χ4v) is 2.48. The molecule has 4 rings (SSSR count). The number of benzene rings is 1. The molecule has 0 unspecified atom stereocenters. The van der Waals surface area contributed by atoms with Crippen LogP contribution in [0.25, 0.3) is 16.7 Å². The van der Waals surface area contributed by atoms with Crippen molar-refractivity contribution in [2.75, 3.05) is 31.1 Å². The fourth-order valence-electron chi connectivity index (χ4n) is 2.48. The first-order chi connectivity index (χ1) is 9.43. The van der Waals surface area contributed by atoms with E-state index < -0.39 is 0 Å². The molecular formula is C12H13N7. The number of tetrazole rings is 1. The number of nitrogens with zero attached hydrogens (tertiary/aromatic N) is 6. The summed E-state index contributed by atoms with van der Waals surface area (Å²) in [6.45, 7) is 3.77. The van der Waals surface area contributed by atoms with Gasteiger partial charge in [-0.15, -0.1) is 5.10 Å². The van der Waals surface area contributed by atoms with Crippen molar-refractivity contribution in [1.29, 1.82) is 0 Å². The molecule has 0 bridgehead atoms. The van der Waals surface area contributed by atoms with Gasteiger partial charge in [-0.2, -0.15) is 4.52 Å². The van der Waals surface area contributed by atoms with Gasteiger partial charge in [-0.1, -0.05) is 12.1 Å². The van der Waals surface area contributed by atoms with Crippen LogP contribution in [0, 0.1) is 0 Å². The highest BCUT2D eigenvalue weighted by molar-refractivity contribution is 5.82. The number of anilines is 1. The molecule has 1 N–H and O–H groups in total. The highest BCUT2D eigenvalue weighted by Gasteiger charge is 2.18. The van der Waals surface area contributed by atoms with Crippen LogP contribution < -0.4 is 10.2 Å². The minimum atomic E-state index is 0.723. The van der Waals surface area contributed by atoms with Crippen LogP contribution in [-0.4, -0.2) is 51.2 Å². The van der Waals surface area contributed by atoms with Crippen LogP contribution in [0.3, 0.4) is 0 Å². The zero-order chi connectivity index (χ0) is 12.7. The Morgan fingerprint density at radius 3 is 2.84 bits per heavy atom. The van der Waals surface area contributed by atoms with E-state index in [1.54, 1.807) is 4.52 Å². The summed E-state index contributed by atoms with van der Waals surface area (Å²) in [5, 5.41) is 15.3. The maximum Gasteiger partial charge on any atom is 0.222 e. The highest BCUT2D eigenvalue weighted by Crippen LogP contribution is 2.22. The zero-order valence-corrected chi connectivity index (χ0v) is 10.3. The molecular weight excluding hydrogens is 242 g/mol. The minimum absolute atomic E-state index is 0.723. The Balaban J connectivity index is 1.99. The lowest BCUT2D eigenvalue weighted by atomic mass is 10.3. The van der Waals surface area contributed by atoms with Gasteiger partial charge in [0.15, 0.2) is 5.82 Å². The fraction of sp³-hybridized carbons (Fsp3) is 0.333. The van der Waals surface area contributed by atoms with Gasteiger partial charge in [0.25, 0.3) is 0 Å². The molecule has 19 heavy (non-hydrogen) atoms. The van der Waals surface area contributed by atoms with Crippen molar-refractivity contribution in [3.05, 3.63) is 24.3 Å². The number of nitrogens with one attached hydrogen (secondary N) is 1. The second-order valence-electron chi connectivity index (χ2n) is 4.58. The number of fused-ring (bicyclic) bond motifs is 3. The number of para-hydroxylation sites is 2. The maximum atomic E-state index is 4.73. The predicted molar refractivity (Wildman–Crippen MR) is 71.2 cm³/mol. The molecule has 96 valence electrons. The van der Waals surface area contributed by atoms with Crippen LogP contribution in [0.4, 0.5) is 5.82 Å². The number of piperazine rings is 1. The Labute approximate surface area is 109 Å². The third kappa shape index (κ3) is 1.62. The molecule has 0 saturated carbocycles. The molecule has 1 aliphatic heterocycles. The van der Waals surface area contributed by atoms with Crippen molar-refractivity contribution in [2.24, 2.45) is 0 Å². The van der Waals surface area contributed by atoms with E-state index >= 15 is 0 Å². The number of rotatable bonds is 1. The van der Waals surface area contributed by atoms with Crippen molar-refractivity contribution in [3.63, 3.8) is 0 Å². The van der Waals surface area contributed by atoms with Crippen LogP contribution >= 0.6 is 0 Å². The first-order valence-corrected chi connectivity index (χ1v) is 6.36. The third-order valence-corrected chi connectivity index (χ3v) is 3.42. The molecule has 1 fully saturated rings. The molecule has 1 aromatic carbocycles. The van der Waals surface area contributed by atoms with Gasteiger partial charge >= 0.3 is 0 Å². The summed E-state index contributed by atoms with van der Waals surface area (Å²) in [7, 11) is 0. The predicted octanol–water partition coefficient (Wildman–Crippen LogP) is 0.0821. The molecule has 3 heterocycles. The molecule has 1 saturated heterocycles. The van der Waals surface area contributed by atoms with E-state index in [1.165, 1.54) is 0 Å². The van der Waals surface area contributed by atoms with Crippen molar-refractivity contribution in [3.8, 4) is 0 Å².